The van der Waals surface area contributed by atoms with Crippen LogP contribution in [0.5, 0.6) is 5.75 Å². The lowest BCUT2D eigenvalue weighted by Gasteiger charge is -2.35. The summed E-state index contributed by atoms with van der Waals surface area (Å²) in [6, 6.07) is 10.4. The van der Waals surface area contributed by atoms with E-state index in [1.807, 2.05) is 6.92 Å². The molecule has 0 unspecified atom stereocenters. The molecule has 2 aromatic rings. The van der Waals surface area contributed by atoms with E-state index in [2.05, 4.69) is 5.43 Å². The highest BCUT2D eigenvalue weighted by atomic mass is 19.1. The Hall–Kier alpha value is -2.89. The largest absolute Gasteiger partial charge is 0.496 e. The molecule has 2 rings (SSSR count). The number of methoxy groups -OCH3 is 1. The molecule has 0 atom stereocenters. The lowest BCUT2D eigenvalue weighted by Crippen LogP contribution is -2.56. The number of nitrogens with one attached hydrogen (secondary N) is 1. The van der Waals surface area contributed by atoms with Crippen molar-refractivity contribution in [2.45, 2.75) is 39.7 Å². The van der Waals surface area contributed by atoms with Gasteiger partial charge in [0, 0.05) is 16.7 Å². The maximum Gasteiger partial charge on any atom is 0.272 e. The summed E-state index contributed by atoms with van der Waals surface area (Å²) in [4.78, 5) is 25.8. The van der Waals surface area contributed by atoms with Crippen LogP contribution in [0.25, 0.3) is 0 Å². The normalized spacial score (nSPS) is 11.0. The third kappa shape index (κ3) is 4.64. The molecule has 0 aliphatic carbocycles. The van der Waals surface area contributed by atoms with Crippen LogP contribution in [0.2, 0.25) is 0 Å². The van der Waals surface area contributed by atoms with E-state index >= 15 is 0 Å². The summed E-state index contributed by atoms with van der Waals surface area (Å²) in [5, 5.41) is 1.27. The fraction of sp³-hybridized carbons (Fsp3) is 0.333. The second-order valence-electron chi connectivity index (χ2n) is 7.10. The highest BCUT2D eigenvalue weighted by Crippen LogP contribution is 2.24. The summed E-state index contributed by atoms with van der Waals surface area (Å²) in [6.07, 6.45) is 0.605. The van der Waals surface area contributed by atoms with Gasteiger partial charge in [-0.05, 0) is 63.6 Å². The van der Waals surface area contributed by atoms with E-state index in [4.69, 9.17) is 4.74 Å². The predicted octanol–water partition coefficient (Wildman–Crippen LogP) is 3.98. The van der Waals surface area contributed by atoms with Gasteiger partial charge in [-0.15, -0.1) is 0 Å². The predicted molar refractivity (Wildman–Crippen MR) is 102 cm³/mol. The fourth-order valence-corrected chi connectivity index (χ4v) is 2.74. The minimum Gasteiger partial charge on any atom is -0.496 e. The Morgan fingerprint density at radius 3 is 2.26 bits per heavy atom. The van der Waals surface area contributed by atoms with Crippen molar-refractivity contribution in [3.63, 3.8) is 0 Å². The number of carbonyl (C=O) groups excluding carboxylic acids is 2. The average Bonchev–Trinajstić information content (AvgIpc) is 2.64. The van der Waals surface area contributed by atoms with Crippen molar-refractivity contribution in [2.75, 3.05) is 7.11 Å². The van der Waals surface area contributed by atoms with Gasteiger partial charge in [-0.1, -0.05) is 13.0 Å². The smallest absolute Gasteiger partial charge is 0.272 e. The summed E-state index contributed by atoms with van der Waals surface area (Å²) in [5.74, 6) is -0.632. The van der Waals surface area contributed by atoms with Crippen molar-refractivity contribution in [1.82, 2.24) is 10.4 Å². The molecule has 0 aliphatic heterocycles. The first-order valence-electron chi connectivity index (χ1n) is 8.76. The minimum absolute atomic E-state index is 0.285. The van der Waals surface area contributed by atoms with Crippen molar-refractivity contribution in [3.8, 4) is 5.75 Å². The van der Waals surface area contributed by atoms with Crippen molar-refractivity contribution in [3.05, 3.63) is 65.0 Å². The maximum absolute atomic E-state index is 13.2. The van der Waals surface area contributed by atoms with Crippen molar-refractivity contribution in [2.24, 2.45) is 0 Å². The van der Waals surface area contributed by atoms with Gasteiger partial charge in [0.1, 0.15) is 11.6 Å². The molecule has 0 fully saturated rings. The van der Waals surface area contributed by atoms with E-state index < -0.39 is 23.2 Å². The Bertz CT molecular complexity index is 826. The molecular formula is C21H25FN2O3. The summed E-state index contributed by atoms with van der Waals surface area (Å²) in [5.41, 5.74) is 3.51. The number of carbonyl (C=O) groups is 2. The van der Waals surface area contributed by atoms with Gasteiger partial charge in [-0.2, -0.15) is 0 Å². The summed E-state index contributed by atoms with van der Waals surface area (Å²) >= 11 is 0. The first-order chi connectivity index (χ1) is 12.7. The number of hydrazine groups is 1. The van der Waals surface area contributed by atoms with E-state index in [-0.39, 0.29) is 5.56 Å². The van der Waals surface area contributed by atoms with Crippen LogP contribution in [0, 0.1) is 5.82 Å². The number of benzene rings is 2. The standard InChI is InChI=1S/C21H25FN2O3/c1-6-16-17(8-7-9-18(16)27-5)19(25)23-24(21(2,3)4)20(26)14-10-12-15(22)13-11-14/h7-13H,6H2,1-5H3,(H,23,25). The van der Waals surface area contributed by atoms with Crippen LogP contribution >= 0.6 is 0 Å². The zero-order valence-electron chi connectivity index (χ0n) is 16.3. The molecule has 0 spiro atoms. The second-order valence-corrected chi connectivity index (χ2v) is 7.10. The van der Waals surface area contributed by atoms with Gasteiger partial charge < -0.3 is 4.74 Å². The molecule has 27 heavy (non-hydrogen) atoms. The van der Waals surface area contributed by atoms with Crippen LogP contribution in [0.1, 0.15) is 54.0 Å². The Labute approximate surface area is 159 Å². The fourth-order valence-electron chi connectivity index (χ4n) is 2.74. The monoisotopic (exact) mass is 372 g/mol. The number of nitrogens with zero attached hydrogens (tertiary/aromatic N) is 1. The lowest BCUT2D eigenvalue weighted by molar-refractivity contribution is 0.0358. The van der Waals surface area contributed by atoms with Crippen LogP contribution in [0.4, 0.5) is 4.39 Å². The third-order valence-electron chi connectivity index (χ3n) is 4.13. The van der Waals surface area contributed by atoms with Gasteiger partial charge in [0.15, 0.2) is 0 Å². The molecule has 2 aromatic carbocycles. The second kappa shape index (κ2) is 8.20. The van der Waals surface area contributed by atoms with Gasteiger partial charge in [-0.3, -0.25) is 15.0 Å². The van der Waals surface area contributed by atoms with Gasteiger partial charge in [0.05, 0.1) is 12.6 Å². The molecule has 0 bridgehead atoms. The first-order valence-corrected chi connectivity index (χ1v) is 8.76. The summed E-state index contributed by atoms with van der Waals surface area (Å²) in [7, 11) is 1.55. The third-order valence-corrected chi connectivity index (χ3v) is 4.13. The van der Waals surface area contributed by atoms with Crippen LogP contribution in [-0.2, 0) is 6.42 Å². The number of ether oxygens (including phenoxy) is 1. The highest BCUT2D eigenvalue weighted by molar-refractivity contribution is 6.00. The Balaban J connectivity index is 2.36. The van der Waals surface area contributed by atoms with Crippen molar-refractivity contribution >= 4 is 11.8 Å². The molecule has 1 N–H and O–H groups in total. The van der Waals surface area contributed by atoms with E-state index in [9.17, 15) is 14.0 Å². The number of amides is 2. The zero-order valence-corrected chi connectivity index (χ0v) is 16.3. The Kier molecular flexibility index (Phi) is 6.20. The molecule has 144 valence electrons. The Morgan fingerprint density at radius 1 is 1.11 bits per heavy atom. The molecule has 2 amide bonds. The zero-order chi connectivity index (χ0) is 20.2. The molecule has 6 heteroatoms. The lowest BCUT2D eigenvalue weighted by atomic mass is 10.0. The van der Waals surface area contributed by atoms with E-state index in [1.165, 1.54) is 29.3 Å². The topological polar surface area (TPSA) is 58.6 Å². The van der Waals surface area contributed by atoms with Crippen LogP contribution in [-0.4, -0.2) is 29.5 Å². The molecule has 0 aromatic heterocycles. The van der Waals surface area contributed by atoms with Crippen LogP contribution in [0.15, 0.2) is 42.5 Å². The molecule has 0 heterocycles. The highest BCUT2D eigenvalue weighted by Gasteiger charge is 2.30. The van der Waals surface area contributed by atoms with Gasteiger partial charge >= 0.3 is 0 Å². The molecule has 5 nitrogen and oxygen atoms in total. The van der Waals surface area contributed by atoms with E-state index in [0.29, 0.717) is 17.7 Å². The molecular weight excluding hydrogens is 347 g/mol. The first kappa shape index (κ1) is 20.4. The SMILES string of the molecule is CCc1c(OC)cccc1C(=O)NN(C(=O)c1ccc(F)cc1)C(C)(C)C. The van der Waals surface area contributed by atoms with Gasteiger partial charge in [-0.25, -0.2) is 9.40 Å². The number of hydrogen-bond donors (Lipinski definition) is 1. The van der Waals surface area contributed by atoms with Crippen molar-refractivity contribution in [1.29, 1.82) is 0 Å². The van der Waals surface area contributed by atoms with Crippen molar-refractivity contribution < 1.29 is 18.7 Å². The van der Waals surface area contributed by atoms with E-state index in [1.54, 1.807) is 46.1 Å². The number of rotatable bonds is 4. The van der Waals surface area contributed by atoms with Gasteiger partial charge in [0.25, 0.3) is 11.8 Å². The maximum atomic E-state index is 13.2. The summed E-state index contributed by atoms with van der Waals surface area (Å²) in [6.45, 7) is 7.35. The quantitative estimate of drug-likeness (QED) is 0.826. The molecule has 0 aliphatic rings. The average molecular weight is 372 g/mol. The minimum atomic E-state index is -0.688. The number of halogens is 1. The Morgan fingerprint density at radius 2 is 1.74 bits per heavy atom. The molecule has 0 radical (unpaired) electrons. The molecule has 0 saturated carbocycles. The van der Waals surface area contributed by atoms with Crippen LogP contribution < -0.4 is 10.2 Å². The van der Waals surface area contributed by atoms with E-state index in [0.717, 1.165) is 5.56 Å². The van der Waals surface area contributed by atoms with Crippen LogP contribution in [0.3, 0.4) is 0 Å². The molecule has 0 saturated heterocycles. The van der Waals surface area contributed by atoms with Gasteiger partial charge in [0.2, 0.25) is 0 Å². The number of hydrogen-bond acceptors (Lipinski definition) is 3. The summed E-state index contributed by atoms with van der Waals surface area (Å²) < 4.78 is 18.5.